The number of hydrogen-bond donors (Lipinski definition) is 2. The van der Waals surface area contributed by atoms with Crippen molar-refractivity contribution in [2.45, 2.75) is 32.0 Å². The highest BCUT2D eigenvalue weighted by molar-refractivity contribution is 5.89. The zero-order chi connectivity index (χ0) is 18.2. The largest absolute Gasteiger partial charge is 0.489 e. The minimum Gasteiger partial charge on any atom is -0.489 e. The van der Waals surface area contributed by atoms with Gasteiger partial charge in [0.05, 0.1) is 6.10 Å². The van der Waals surface area contributed by atoms with Gasteiger partial charge in [-0.1, -0.05) is 18.2 Å². The van der Waals surface area contributed by atoms with Gasteiger partial charge in [-0.3, -0.25) is 0 Å². The fraction of sp³-hybridized carbons (Fsp3) is 0.350. The van der Waals surface area contributed by atoms with Gasteiger partial charge in [-0.2, -0.15) is 0 Å². The summed E-state index contributed by atoms with van der Waals surface area (Å²) in [6, 6.07) is 13.1. The Balaban J connectivity index is 1.44. The van der Waals surface area contributed by atoms with Crippen molar-refractivity contribution in [2.24, 2.45) is 0 Å². The molecule has 0 aliphatic carbocycles. The zero-order valence-electron chi connectivity index (χ0n) is 14.5. The van der Waals surface area contributed by atoms with Gasteiger partial charge in [0.15, 0.2) is 0 Å². The maximum absolute atomic E-state index is 13.2. The highest BCUT2D eigenvalue weighted by Crippen LogP contribution is 2.19. The summed E-state index contributed by atoms with van der Waals surface area (Å²) in [7, 11) is 0. The van der Waals surface area contributed by atoms with Crippen LogP contribution in [-0.4, -0.2) is 25.3 Å². The number of nitrogens with one attached hydrogen (secondary N) is 2. The normalized spacial score (nSPS) is 16.3. The maximum Gasteiger partial charge on any atom is 0.319 e. The molecule has 1 saturated heterocycles. The Hall–Kier alpha value is -2.60. The number of halogens is 1. The average Bonchev–Trinajstić information content (AvgIpc) is 3.14. The lowest BCUT2D eigenvalue weighted by molar-refractivity contribution is 0.105. The van der Waals surface area contributed by atoms with E-state index >= 15 is 0 Å². The van der Waals surface area contributed by atoms with Crippen LogP contribution in [0.4, 0.5) is 14.9 Å². The topological polar surface area (TPSA) is 59.6 Å². The number of anilines is 1. The molecule has 2 aromatic carbocycles. The molecule has 0 unspecified atom stereocenters. The van der Waals surface area contributed by atoms with Gasteiger partial charge in [-0.15, -0.1) is 0 Å². The number of ether oxygens (including phenoxy) is 2. The highest BCUT2D eigenvalue weighted by Gasteiger charge is 2.15. The molecule has 2 aromatic rings. The van der Waals surface area contributed by atoms with Crippen molar-refractivity contribution in [3.05, 3.63) is 59.9 Å². The van der Waals surface area contributed by atoms with E-state index in [4.69, 9.17) is 9.47 Å². The van der Waals surface area contributed by atoms with Crippen molar-refractivity contribution in [3.63, 3.8) is 0 Å². The van der Waals surface area contributed by atoms with Crippen LogP contribution in [-0.2, 0) is 11.3 Å². The lowest BCUT2D eigenvalue weighted by atomic mass is 10.2. The van der Waals surface area contributed by atoms with E-state index in [0.717, 1.165) is 31.4 Å². The number of rotatable bonds is 7. The first-order valence-corrected chi connectivity index (χ1v) is 8.83. The smallest absolute Gasteiger partial charge is 0.319 e. The number of urea groups is 1. The Morgan fingerprint density at radius 3 is 2.92 bits per heavy atom. The molecule has 3 rings (SSSR count). The fourth-order valence-electron chi connectivity index (χ4n) is 2.85. The minimum atomic E-state index is -0.291. The first-order valence-electron chi connectivity index (χ1n) is 8.83. The first-order chi connectivity index (χ1) is 12.7. The van der Waals surface area contributed by atoms with E-state index in [-0.39, 0.29) is 24.6 Å². The van der Waals surface area contributed by atoms with Crippen LogP contribution in [0.5, 0.6) is 5.75 Å². The molecule has 2 N–H and O–H groups in total. The quantitative estimate of drug-likeness (QED) is 0.784. The minimum absolute atomic E-state index is 0.259. The Morgan fingerprint density at radius 1 is 1.23 bits per heavy atom. The second-order valence-electron chi connectivity index (χ2n) is 6.25. The number of carbonyl (C=O) groups is 1. The van der Waals surface area contributed by atoms with Crippen LogP contribution < -0.4 is 15.4 Å². The molecule has 1 fully saturated rings. The van der Waals surface area contributed by atoms with Gasteiger partial charge in [0.25, 0.3) is 0 Å². The Morgan fingerprint density at radius 2 is 2.12 bits per heavy atom. The predicted molar refractivity (Wildman–Crippen MR) is 97.8 cm³/mol. The van der Waals surface area contributed by atoms with Crippen LogP contribution >= 0.6 is 0 Å². The monoisotopic (exact) mass is 358 g/mol. The molecule has 0 saturated carbocycles. The van der Waals surface area contributed by atoms with Gasteiger partial charge in [-0.05, 0) is 49.1 Å². The second kappa shape index (κ2) is 9.20. The van der Waals surface area contributed by atoms with Crippen LogP contribution in [0, 0.1) is 5.82 Å². The van der Waals surface area contributed by atoms with Crippen molar-refractivity contribution >= 4 is 11.7 Å². The number of amides is 2. The van der Waals surface area contributed by atoms with E-state index in [1.54, 1.807) is 36.4 Å². The van der Waals surface area contributed by atoms with E-state index in [2.05, 4.69) is 10.6 Å². The molecule has 5 nitrogen and oxygen atoms in total. The molecule has 1 aliphatic heterocycles. The molecule has 0 radical (unpaired) electrons. The molecule has 138 valence electrons. The standard InChI is InChI=1S/C20H23FN2O3/c21-16-5-1-4-15(12-16)14-26-19-7-2-6-17(13-19)23-20(24)22-10-9-18-8-3-11-25-18/h1-2,4-7,12-13,18H,3,8-11,14H2,(H2,22,23,24)/t18-/m0/s1. The van der Waals surface area contributed by atoms with Crippen LogP contribution in [0.25, 0.3) is 0 Å². The van der Waals surface area contributed by atoms with E-state index in [1.165, 1.54) is 12.1 Å². The lowest BCUT2D eigenvalue weighted by Gasteiger charge is -2.12. The van der Waals surface area contributed by atoms with Crippen LogP contribution in [0.2, 0.25) is 0 Å². The molecular formula is C20H23FN2O3. The molecule has 2 amide bonds. The summed E-state index contributed by atoms with van der Waals surface area (Å²) in [6.07, 6.45) is 3.24. The Labute approximate surface area is 152 Å². The SMILES string of the molecule is O=C(NCC[C@@H]1CCCO1)Nc1cccc(OCc2cccc(F)c2)c1. The lowest BCUT2D eigenvalue weighted by Crippen LogP contribution is -2.31. The summed E-state index contributed by atoms with van der Waals surface area (Å²) >= 11 is 0. The predicted octanol–water partition coefficient (Wildman–Crippen LogP) is 4.10. The van der Waals surface area contributed by atoms with E-state index in [0.29, 0.717) is 18.0 Å². The highest BCUT2D eigenvalue weighted by atomic mass is 19.1. The van der Waals surface area contributed by atoms with Crippen LogP contribution in [0.3, 0.4) is 0 Å². The molecule has 26 heavy (non-hydrogen) atoms. The van der Waals surface area contributed by atoms with Gasteiger partial charge in [0, 0.05) is 24.9 Å². The number of benzene rings is 2. The van der Waals surface area contributed by atoms with Gasteiger partial charge in [-0.25, -0.2) is 9.18 Å². The summed E-state index contributed by atoms with van der Waals surface area (Å²) in [6.45, 7) is 1.65. The Kier molecular flexibility index (Phi) is 6.44. The summed E-state index contributed by atoms with van der Waals surface area (Å²) < 4.78 is 24.4. The van der Waals surface area contributed by atoms with Crippen molar-refractivity contribution in [2.75, 3.05) is 18.5 Å². The molecule has 1 aliphatic rings. The zero-order valence-corrected chi connectivity index (χ0v) is 14.5. The molecule has 6 heteroatoms. The third-order valence-electron chi connectivity index (χ3n) is 4.16. The van der Waals surface area contributed by atoms with E-state index in [9.17, 15) is 9.18 Å². The Bertz CT molecular complexity index is 733. The number of hydrogen-bond acceptors (Lipinski definition) is 3. The summed E-state index contributed by atoms with van der Waals surface area (Å²) in [5, 5.41) is 5.61. The van der Waals surface area contributed by atoms with Gasteiger partial charge in [0.2, 0.25) is 0 Å². The van der Waals surface area contributed by atoms with Gasteiger partial charge >= 0.3 is 6.03 Å². The van der Waals surface area contributed by atoms with E-state index < -0.39 is 0 Å². The molecule has 1 atom stereocenters. The third kappa shape index (κ3) is 5.74. The first kappa shape index (κ1) is 18.2. The van der Waals surface area contributed by atoms with Crippen molar-refractivity contribution < 1.29 is 18.7 Å². The maximum atomic E-state index is 13.2. The van der Waals surface area contributed by atoms with Crippen LogP contribution in [0.15, 0.2) is 48.5 Å². The second-order valence-corrected chi connectivity index (χ2v) is 6.25. The summed E-state index contributed by atoms with van der Waals surface area (Å²) in [5.41, 5.74) is 1.38. The van der Waals surface area contributed by atoms with Crippen molar-refractivity contribution in [1.29, 1.82) is 0 Å². The number of carbonyl (C=O) groups excluding carboxylic acids is 1. The molecule has 0 aromatic heterocycles. The van der Waals surface area contributed by atoms with Gasteiger partial charge in [0.1, 0.15) is 18.2 Å². The van der Waals surface area contributed by atoms with E-state index in [1.807, 2.05) is 0 Å². The van der Waals surface area contributed by atoms with Gasteiger partial charge < -0.3 is 20.1 Å². The molecule has 0 spiro atoms. The molecular weight excluding hydrogens is 335 g/mol. The summed E-state index contributed by atoms with van der Waals surface area (Å²) in [4.78, 5) is 12.0. The summed E-state index contributed by atoms with van der Waals surface area (Å²) in [5.74, 6) is 0.313. The third-order valence-corrected chi connectivity index (χ3v) is 4.16. The van der Waals surface area contributed by atoms with Crippen LogP contribution in [0.1, 0.15) is 24.8 Å². The average molecular weight is 358 g/mol. The molecule has 0 bridgehead atoms. The fourth-order valence-corrected chi connectivity index (χ4v) is 2.85. The van der Waals surface area contributed by atoms with Crippen molar-refractivity contribution in [3.8, 4) is 5.75 Å². The molecule has 1 heterocycles. The van der Waals surface area contributed by atoms with Crippen molar-refractivity contribution in [1.82, 2.24) is 5.32 Å².